The van der Waals surface area contributed by atoms with Crippen molar-refractivity contribution in [1.29, 1.82) is 0 Å². The summed E-state index contributed by atoms with van der Waals surface area (Å²) in [5.74, 6) is -1.74. The molecule has 1 heterocycles. The summed E-state index contributed by atoms with van der Waals surface area (Å²) in [6.07, 6.45) is -0.345. The molecule has 1 fully saturated rings. The van der Waals surface area contributed by atoms with Gasteiger partial charge in [0.1, 0.15) is 18.8 Å². The Hall–Kier alpha value is -2.12. The molecule has 1 amide bonds. The highest BCUT2D eigenvalue weighted by Crippen LogP contribution is 2.26. The summed E-state index contributed by atoms with van der Waals surface area (Å²) in [6, 6.07) is 9.30. The van der Waals surface area contributed by atoms with Gasteiger partial charge in [0.05, 0.1) is 6.61 Å². The van der Waals surface area contributed by atoms with Crippen molar-refractivity contribution in [2.45, 2.75) is 25.7 Å². The van der Waals surface area contributed by atoms with Crippen molar-refractivity contribution in [1.82, 2.24) is 4.90 Å². The van der Waals surface area contributed by atoms with E-state index in [1.165, 1.54) is 4.90 Å². The topological polar surface area (TPSA) is 102 Å². The van der Waals surface area contributed by atoms with Gasteiger partial charge in [0.15, 0.2) is 0 Å². The second kappa shape index (κ2) is 8.50. The molecule has 0 aliphatic carbocycles. The van der Waals surface area contributed by atoms with Gasteiger partial charge < -0.3 is 20.3 Å². The molecule has 1 saturated heterocycles. The Balaban J connectivity index is 2.01. The van der Waals surface area contributed by atoms with Crippen LogP contribution in [0.5, 0.6) is 0 Å². The third-order valence-corrected chi connectivity index (χ3v) is 3.73. The fraction of sp³-hybridized carbons (Fsp3) is 0.500. The monoisotopic (exact) mass is 322 g/mol. The van der Waals surface area contributed by atoms with Gasteiger partial charge in [0, 0.05) is 13.1 Å². The van der Waals surface area contributed by atoms with Crippen LogP contribution >= 0.6 is 0 Å². The summed E-state index contributed by atoms with van der Waals surface area (Å²) in [6.45, 7) is 0.997. The number of nitrogens with two attached hydrogens (primary N) is 1. The molecular formula is C16H22N2O5. The number of benzene rings is 1. The third-order valence-electron chi connectivity index (χ3n) is 3.73. The van der Waals surface area contributed by atoms with E-state index in [1.54, 1.807) is 0 Å². The molecular weight excluding hydrogens is 300 g/mol. The lowest BCUT2D eigenvalue weighted by atomic mass is 9.96. The Morgan fingerprint density at radius 2 is 2.04 bits per heavy atom. The number of nitrogens with zero attached hydrogens (tertiary/aromatic N) is 1. The summed E-state index contributed by atoms with van der Waals surface area (Å²) in [5, 5.41) is 9.33. The predicted molar refractivity (Wildman–Crippen MR) is 82.5 cm³/mol. The maximum atomic E-state index is 12.3. The Kier molecular flexibility index (Phi) is 6.37. The fourth-order valence-electron chi connectivity index (χ4n) is 2.61. The van der Waals surface area contributed by atoms with Crippen LogP contribution in [0.25, 0.3) is 0 Å². The van der Waals surface area contributed by atoms with Crippen LogP contribution in [0.3, 0.4) is 0 Å². The van der Waals surface area contributed by atoms with Crippen molar-refractivity contribution in [3.8, 4) is 0 Å². The first-order valence-electron chi connectivity index (χ1n) is 7.65. The predicted octanol–water partition coefficient (Wildman–Crippen LogP) is 1.42. The Morgan fingerprint density at radius 1 is 1.30 bits per heavy atom. The molecule has 2 rings (SSSR count). The van der Waals surface area contributed by atoms with E-state index in [0.717, 1.165) is 5.56 Å². The maximum Gasteiger partial charge on any atom is 0.412 e. The molecule has 0 spiro atoms. The zero-order valence-corrected chi connectivity index (χ0v) is 12.9. The number of hydrogen-bond acceptors (Lipinski definition) is 5. The lowest BCUT2D eigenvalue weighted by molar-refractivity contribution is -0.160. The quantitative estimate of drug-likeness (QED) is 0.821. The Morgan fingerprint density at radius 3 is 2.70 bits per heavy atom. The van der Waals surface area contributed by atoms with E-state index in [-0.39, 0.29) is 19.8 Å². The molecule has 1 aromatic rings. The largest absolute Gasteiger partial charge is 0.481 e. The number of carbonyl (C=O) groups is 2. The molecule has 126 valence electrons. The van der Waals surface area contributed by atoms with Gasteiger partial charge >= 0.3 is 12.1 Å². The van der Waals surface area contributed by atoms with Crippen LogP contribution in [0, 0.1) is 5.92 Å². The number of ether oxygens (including phenoxy) is 2. The van der Waals surface area contributed by atoms with Crippen LogP contribution in [0.4, 0.5) is 4.79 Å². The van der Waals surface area contributed by atoms with Gasteiger partial charge in [-0.2, -0.15) is 0 Å². The van der Waals surface area contributed by atoms with Gasteiger partial charge in [-0.3, -0.25) is 9.69 Å². The van der Waals surface area contributed by atoms with Gasteiger partial charge in [-0.15, -0.1) is 0 Å². The van der Waals surface area contributed by atoms with Crippen LogP contribution in [0.2, 0.25) is 0 Å². The lowest BCUT2D eigenvalue weighted by Gasteiger charge is -2.38. The van der Waals surface area contributed by atoms with Crippen LogP contribution < -0.4 is 5.73 Å². The first-order chi connectivity index (χ1) is 11.1. The highest BCUT2D eigenvalue weighted by atomic mass is 16.6. The van der Waals surface area contributed by atoms with Crippen molar-refractivity contribution in [3.05, 3.63) is 35.9 Å². The van der Waals surface area contributed by atoms with Crippen LogP contribution in [0.15, 0.2) is 30.3 Å². The molecule has 1 aliphatic heterocycles. The van der Waals surface area contributed by atoms with Crippen molar-refractivity contribution in [2.75, 3.05) is 19.7 Å². The molecule has 2 unspecified atom stereocenters. The Bertz CT molecular complexity index is 522. The van der Waals surface area contributed by atoms with Crippen molar-refractivity contribution in [2.24, 2.45) is 11.7 Å². The molecule has 23 heavy (non-hydrogen) atoms. The summed E-state index contributed by atoms with van der Waals surface area (Å²) in [7, 11) is 0. The minimum Gasteiger partial charge on any atom is -0.481 e. The molecule has 7 heteroatoms. The maximum absolute atomic E-state index is 12.3. The first kappa shape index (κ1) is 17.2. The third kappa shape index (κ3) is 4.67. The minimum atomic E-state index is -0.979. The van der Waals surface area contributed by atoms with E-state index in [2.05, 4.69) is 0 Å². The van der Waals surface area contributed by atoms with E-state index in [0.29, 0.717) is 19.4 Å². The van der Waals surface area contributed by atoms with Gasteiger partial charge in [-0.25, -0.2) is 4.79 Å². The first-order valence-corrected chi connectivity index (χ1v) is 7.65. The second-order valence-corrected chi connectivity index (χ2v) is 5.37. The zero-order valence-electron chi connectivity index (χ0n) is 12.9. The van der Waals surface area contributed by atoms with Gasteiger partial charge in [-0.1, -0.05) is 30.3 Å². The average Bonchev–Trinajstić information content (AvgIpc) is 2.58. The fourth-order valence-corrected chi connectivity index (χ4v) is 2.61. The number of likely N-dealkylation sites (tertiary alicyclic amines) is 1. The van der Waals surface area contributed by atoms with E-state index in [9.17, 15) is 14.7 Å². The molecule has 2 atom stereocenters. The summed E-state index contributed by atoms with van der Waals surface area (Å²) in [5.41, 5.74) is 6.28. The number of amides is 1. The number of aliphatic carboxylic acids is 1. The molecule has 0 aromatic heterocycles. The zero-order chi connectivity index (χ0) is 16.7. The number of rotatable bonds is 6. The lowest BCUT2D eigenvalue weighted by Crippen LogP contribution is -2.52. The summed E-state index contributed by atoms with van der Waals surface area (Å²) < 4.78 is 10.8. The normalized spacial score (nSPS) is 21.0. The molecule has 1 aliphatic rings. The highest BCUT2D eigenvalue weighted by molar-refractivity contribution is 5.73. The SMILES string of the molecule is NCCOC1C(C(=O)O)CCCN1C(=O)OCc1ccccc1. The minimum absolute atomic E-state index is 0.136. The van der Waals surface area contributed by atoms with Gasteiger partial charge in [-0.05, 0) is 18.4 Å². The highest BCUT2D eigenvalue weighted by Gasteiger charge is 2.40. The van der Waals surface area contributed by atoms with E-state index < -0.39 is 24.2 Å². The smallest absolute Gasteiger partial charge is 0.412 e. The van der Waals surface area contributed by atoms with Crippen LogP contribution in [-0.2, 0) is 20.9 Å². The number of carboxylic acids is 1. The van der Waals surface area contributed by atoms with Gasteiger partial charge in [0.2, 0.25) is 0 Å². The molecule has 7 nitrogen and oxygen atoms in total. The van der Waals surface area contributed by atoms with Crippen molar-refractivity contribution < 1.29 is 24.2 Å². The Labute approximate surface area is 135 Å². The van der Waals surface area contributed by atoms with Crippen LogP contribution in [-0.4, -0.2) is 48.0 Å². The van der Waals surface area contributed by atoms with E-state index >= 15 is 0 Å². The second-order valence-electron chi connectivity index (χ2n) is 5.37. The van der Waals surface area contributed by atoms with Crippen LogP contribution in [0.1, 0.15) is 18.4 Å². The van der Waals surface area contributed by atoms with Crippen molar-refractivity contribution in [3.63, 3.8) is 0 Å². The van der Waals surface area contributed by atoms with Crippen molar-refractivity contribution >= 4 is 12.1 Å². The number of hydrogen-bond donors (Lipinski definition) is 2. The molecule has 0 bridgehead atoms. The van der Waals surface area contributed by atoms with E-state index in [4.69, 9.17) is 15.2 Å². The van der Waals surface area contributed by atoms with E-state index in [1.807, 2.05) is 30.3 Å². The number of carboxylic acid groups (broad SMARTS) is 1. The molecule has 0 saturated carbocycles. The number of piperidine rings is 1. The summed E-state index contributed by atoms with van der Waals surface area (Å²) in [4.78, 5) is 25.0. The van der Waals surface area contributed by atoms with Gasteiger partial charge in [0.25, 0.3) is 0 Å². The molecule has 3 N–H and O–H groups in total. The number of carbonyl (C=O) groups excluding carboxylic acids is 1. The summed E-state index contributed by atoms with van der Waals surface area (Å²) >= 11 is 0. The molecule has 1 aromatic carbocycles. The average molecular weight is 322 g/mol. The standard InChI is InChI=1S/C16H22N2O5/c17-8-10-22-14-13(15(19)20)7-4-9-18(14)16(21)23-11-12-5-2-1-3-6-12/h1-3,5-6,13-14H,4,7-11,17H2,(H,19,20). The molecule has 0 radical (unpaired) electrons.